The molecule has 0 spiro atoms. The number of rotatable bonds is 3. The van der Waals surface area contributed by atoms with Gasteiger partial charge in [0.05, 0.1) is 18.9 Å². The Labute approximate surface area is 141 Å². The van der Waals surface area contributed by atoms with Gasteiger partial charge in [-0.1, -0.05) is 0 Å². The molecule has 2 heterocycles. The molecule has 0 radical (unpaired) electrons. The van der Waals surface area contributed by atoms with Crippen molar-refractivity contribution in [2.24, 2.45) is 5.92 Å². The first-order valence-corrected chi connectivity index (χ1v) is 7.28. The van der Waals surface area contributed by atoms with E-state index in [0.29, 0.717) is 0 Å². The average Bonchev–Trinajstić information content (AvgIpc) is 3.17. The molecule has 25 heavy (non-hydrogen) atoms. The summed E-state index contributed by atoms with van der Waals surface area (Å²) in [6.45, 7) is 0.697. The van der Waals surface area contributed by atoms with Crippen molar-refractivity contribution < 1.29 is 42.9 Å². The minimum atomic E-state index is -2.09. The lowest BCUT2D eigenvalue weighted by Crippen LogP contribution is -2.48. The highest BCUT2D eigenvalue weighted by molar-refractivity contribution is 6.14. The number of fused-ring (bicyclic) bond motifs is 1. The maximum atomic E-state index is 12.7. The Morgan fingerprint density at radius 3 is 2.64 bits per heavy atom. The van der Waals surface area contributed by atoms with Gasteiger partial charge in [-0.05, 0) is 19.1 Å². The summed E-state index contributed by atoms with van der Waals surface area (Å²) >= 11 is 0. The van der Waals surface area contributed by atoms with Gasteiger partial charge >= 0.3 is 17.9 Å². The van der Waals surface area contributed by atoms with Crippen LogP contribution in [0.3, 0.4) is 0 Å². The molecule has 0 aromatic carbocycles. The van der Waals surface area contributed by atoms with Crippen LogP contribution in [0.2, 0.25) is 0 Å². The summed E-state index contributed by atoms with van der Waals surface area (Å²) in [5.41, 5.74) is -2.54. The van der Waals surface area contributed by atoms with E-state index in [0.717, 1.165) is 14.0 Å². The molecule has 3 atom stereocenters. The van der Waals surface area contributed by atoms with E-state index >= 15 is 0 Å². The average molecular weight is 350 g/mol. The van der Waals surface area contributed by atoms with E-state index in [1.165, 1.54) is 18.4 Å². The number of ketones is 1. The van der Waals surface area contributed by atoms with Crippen molar-refractivity contribution in [1.29, 1.82) is 0 Å². The van der Waals surface area contributed by atoms with Gasteiger partial charge in [-0.15, -0.1) is 0 Å². The zero-order valence-electron chi connectivity index (χ0n) is 13.3. The molecule has 0 unspecified atom stereocenters. The van der Waals surface area contributed by atoms with Gasteiger partial charge in [0.15, 0.2) is 6.10 Å². The SMILES string of the molecule is COC(=O)C1=C2C(=O)[C@H](OC(=O)c3ccco3)[C@](C)(O)[C@H]2C(=O)OC1. The molecule has 132 valence electrons. The van der Waals surface area contributed by atoms with Gasteiger partial charge in [0.25, 0.3) is 0 Å². The van der Waals surface area contributed by atoms with Gasteiger partial charge in [-0.25, -0.2) is 9.59 Å². The zero-order valence-corrected chi connectivity index (χ0v) is 13.3. The van der Waals surface area contributed by atoms with Crippen molar-refractivity contribution in [3.8, 4) is 0 Å². The van der Waals surface area contributed by atoms with Gasteiger partial charge in [0, 0.05) is 5.57 Å². The quantitative estimate of drug-likeness (QED) is 0.581. The van der Waals surface area contributed by atoms with Crippen LogP contribution in [0.1, 0.15) is 17.5 Å². The van der Waals surface area contributed by atoms with E-state index < -0.39 is 47.9 Å². The molecule has 0 bridgehead atoms. The summed E-state index contributed by atoms with van der Waals surface area (Å²) in [5, 5.41) is 10.7. The predicted molar refractivity (Wildman–Crippen MR) is 77.0 cm³/mol. The Bertz CT molecular complexity index is 785. The Kier molecular flexibility index (Phi) is 3.96. The maximum Gasteiger partial charge on any atom is 0.375 e. The first kappa shape index (κ1) is 16.9. The second-order valence-corrected chi connectivity index (χ2v) is 5.78. The Morgan fingerprint density at radius 2 is 2.04 bits per heavy atom. The Balaban J connectivity index is 2.02. The highest BCUT2D eigenvalue weighted by Gasteiger charge is 2.63. The van der Waals surface area contributed by atoms with Crippen LogP contribution in [0, 0.1) is 5.92 Å². The monoisotopic (exact) mass is 350 g/mol. The van der Waals surface area contributed by atoms with Crippen LogP contribution >= 0.6 is 0 Å². The number of Topliss-reactive ketones (excluding diaryl/α,β-unsaturated/α-hetero) is 1. The molecule has 1 aliphatic heterocycles. The first-order valence-electron chi connectivity index (χ1n) is 7.28. The maximum absolute atomic E-state index is 12.7. The second kappa shape index (κ2) is 5.85. The van der Waals surface area contributed by atoms with Gasteiger partial charge in [-0.2, -0.15) is 0 Å². The number of esters is 3. The van der Waals surface area contributed by atoms with Crippen molar-refractivity contribution >= 4 is 23.7 Å². The summed E-state index contributed by atoms with van der Waals surface area (Å²) in [4.78, 5) is 48.7. The number of hydrogen-bond donors (Lipinski definition) is 1. The lowest BCUT2D eigenvalue weighted by atomic mass is 9.86. The summed E-state index contributed by atoms with van der Waals surface area (Å²) in [6, 6.07) is 2.76. The third kappa shape index (κ3) is 2.52. The van der Waals surface area contributed by atoms with Crippen LogP contribution in [0.25, 0.3) is 0 Å². The smallest absolute Gasteiger partial charge is 0.375 e. The van der Waals surface area contributed by atoms with Crippen molar-refractivity contribution in [3.05, 3.63) is 35.3 Å². The van der Waals surface area contributed by atoms with Gasteiger partial charge in [0.1, 0.15) is 18.1 Å². The molecule has 2 aliphatic rings. The molecule has 9 nitrogen and oxygen atoms in total. The van der Waals surface area contributed by atoms with Crippen molar-refractivity contribution in [2.75, 3.05) is 13.7 Å². The molecule has 1 aromatic rings. The second-order valence-electron chi connectivity index (χ2n) is 5.78. The lowest BCUT2D eigenvalue weighted by Gasteiger charge is -2.29. The molecule has 9 heteroatoms. The van der Waals surface area contributed by atoms with E-state index in [2.05, 4.69) is 4.74 Å². The van der Waals surface area contributed by atoms with Crippen LogP contribution in [0.4, 0.5) is 0 Å². The van der Waals surface area contributed by atoms with Crippen molar-refractivity contribution in [2.45, 2.75) is 18.6 Å². The molecule has 1 aliphatic carbocycles. The zero-order chi connectivity index (χ0) is 18.4. The Morgan fingerprint density at radius 1 is 1.32 bits per heavy atom. The number of methoxy groups -OCH3 is 1. The minimum Gasteiger partial charge on any atom is -0.466 e. The normalized spacial score (nSPS) is 28.4. The summed E-state index contributed by atoms with van der Waals surface area (Å²) in [6.07, 6.45) is -0.462. The van der Waals surface area contributed by atoms with Crippen LogP contribution in [-0.4, -0.2) is 54.2 Å². The lowest BCUT2D eigenvalue weighted by molar-refractivity contribution is -0.160. The third-order valence-electron chi connectivity index (χ3n) is 4.21. The molecular weight excluding hydrogens is 336 g/mol. The fourth-order valence-electron chi connectivity index (χ4n) is 3.00. The van der Waals surface area contributed by atoms with E-state index in [9.17, 15) is 24.3 Å². The fraction of sp³-hybridized carbons (Fsp3) is 0.375. The summed E-state index contributed by atoms with van der Waals surface area (Å²) in [7, 11) is 1.10. The molecule has 3 rings (SSSR count). The van der Waals surface area contributed by atoms with E-state index in [1.807, 2.05) is 0 Å². The number of cyclic esters (lactones) is 1. The number of carbonyl (C=O) groups excluding carboxylic acids is 4. The van der Waals surface area contributed by atoms with E-state index in [1.54, 1.807) is 0 Å². The van der Waals surface area contributed by atoms with E-state index in [4.69, 9.17) is 13.9 Å². The fourth-order valence-corrected chi connectivity index (χ4v) is 3.00. The largest absolute Gasteiger partial charge is 0.466 e. The molecule has 0 saturated heterocycles. The molecular formula is C16H14O9. The Hall–Kier alpha value is -2.94. The minimum absolute atomic E-state index is 0.178. The first-order chi connectivity index (χ1) is 11.8. The van der Waals surface area contributed by atoms with Crippen molar-refractivity contribution in [1.82, 2.24) is 0 Å². The highest BCUT2D eigenvalue weighted by Crippen LogP contribution is 2.44. The summed E-state index contributed by atoms with van der Waals surface area (Å²) in [5.74, 6) is -5.24. The number of carbonyl (C=O) groups is 4. The van der Waals surface area contributed by atoms with Crippen LogP contribution < -0.4 is 0 Å². The highest BCUT2D eigenvalue weighted by atomic mass is 16.6. The van der Waals surface area contributed by atoms with Crippen molar-refractivity contribution in [3.63, 3.8) is 0 Å². The van der Waals surface area contributed by atoms with Gasteiger partial charge in [-0.3, -0.25) is 9.59 Å². The van der Waals surface area contributed by atoms with Gasteiger partial charge < -0.3 is 23.7 Å². The van der Waals surface area contributed by atoms with Gasteiger partial charge in [0.2, 0.25) is 11.5 Å². The summed E-state index contributed by atoms with van der Waals surface area (Å²) < 4.78 is 19.4. The van der Waals surface area contributed by atoms with Crippen LogP contribution in [0.5, 0.6) is 0 Å². The molecule has 1 aromatic heterocycles. The molecule has 1 saturated carbocycles. The van der Waals surface area contributed by atoms with Crippen LogP contribution in [-0.2, 0) is 28.6 Å². The number of hydrogen-bond acceptors (Lipinski definition) is 9. The van der Waals surface area contributed by atoms with Crippen LogP contribution in [0.15, 0.2) is 34.0 Å². The third-order valence-corrected chi connectivity index (χ3v) is 4.21. The molecule has 1 N–H and O–H groups in total. The number of aliphatic hydroxyl groups is 1. The molecule has 1 fully saturated rings. The van der Waals surface area contributed by atoms with E-state index in [-0.39, 0.29) is 16.9 Å². The number of furan rings is 1. The standard InChI is InChI=1S/C16H14O9/c1-16(21)10-9(7(13(18)22-2)6-24-15(10)20)11(17)12(16)25-14(19)8-4-3-5-23-8/h3-5,10,12,21H,6H2,1-2H3/t10-,12+,16-/m1/s1. The topological polar surface area (TPSA) is 129 Å². The predicted octanol–water partition coefficient (Wildman–Crippen LogP) is -0.219. The number of ether oxygens (including phenoxy) is 3. The molecule has 0 amide bonds.